The number of imidazole rings is 1. The maximum atomic E-state index is 11.9. The Bertz CT molecular complexity index is 682. The fourth-order valence-electron chi connectivity index (χ4n) is 2.29. The number of nitrogens with zero attached hydrogens (tertiary/aromatic N) is 1. The number of benzene rings is 1. The molecule has 0 radical (unpaired) electrons. The number of hydrogen-bond acceptors (Lipinski definition) is 2. The number of carbonyl (C=O) groups is 1. The summed E-state index contributed by atoms with van der Waals surface area (Å²) in [4.78, 5) is 15.1. The van der Waals surface area contributed by atoms with Crippen molar-refractivity contribution in [3.63, 3.8) is 0 Å². The van der Waals surface area contributed by atoms with Crippen LogP contribution in [0.2, 0.25) is 0 Å². The number of H-pyrrole nitrogens is 1. The topological polar surface area (TPSA) is 49.8 Å². The molecule has 1 aromatic heterocycles. The van der Waals surface area contributed by atoms with Crippen molar-refractivity contribution in [2.24, 2.45) is 5.41 Å². The average molecular weight is 277 g/mol. The van der Waals surface area contributed by atoms with Gasteiger partial charge in [0, 0.05) is 13.6 Å². The molecule has 2 rings (SSSR count). The van der Waals surface area contributed by atoms with Crippen LogP contribution in [0, 0.1) is 17.1 Å². The van der Waals surface area contributed by atoms with E-state index >= 15 is 0 Å². The van der Waals surface area contributed by atoms with E-state index in [1.54, 1.807) is 7.05 Å². The molecule has 0 atom stereocenters. The van der Waals surface area contributed by atoms with Gasteiger partial charge < -0.3 is 14.9 Å². The van der Waals surface area contributed by atoms with Crippen LogP contribution in [-0.2, 0) is 11.3 Å². The first-order valence-corrected chi connectivity index (χ1v) is 6.68. The van der Waals surface area contributed by atoms with Gasteiger partial charge in [0.25, 0.3) is 0 Å². The van der Waals surface area contributed by atoms with Crippen molar-refractivity contribution in [2.75, 3.05) is 7.05 Å². The number of carbonyl (C=O) groups excluding carboxylic acids is 1. The Morgan fingerprint density at radius 2 is 2.16 bits per heavy atom. The lowest BCUT2D eigenvalue weighted by atomic mass is 9.92. The van der Waals surface area contributed by atoms with Gasteiger partial charge in [-0.3, -0.25) is 4.79 Å². The second-order valence-electron chi connectivity index (χ2n) is 5.45. The molecule has 0 spiro atoms. The molecule has 5 heteroatoms. The third-order valence-corrected chi connectivity index (χ3v) is 3.74. The summed E-state index contributed by atoms with van der Waals surface area (Å²) in [6.07, 6.45) is 0. The van der Waals surface area contributed by atoms with Crippen LogP contribution < -0.4 is 5.32 Å². The summed E-state index contributed by atoms with van der Waals surface area (Å²) in [6, 6.07) is 6.07. The van der Waals surface area contributed by atoms with Crippen molar-refractivity contribution in [3.05, 3.63) is 28.5 Å². The average Bonchev–Trinajstić information content (AvgIpc) is 2.67. The van der Waals surface area contributed by atoms with E-state index in [-0.39, 0.29) is 5.91 Å². The summed E-state index contributed by atoms with van der Waals surface area (Å²) < 4.78 is 2.65. The molecule has 0 saturated heterocycles. The van der Waals surface area contributed by atoms with Crippen LogP contribution in [0.25, 0.3) is 11.0 Å². The molecule has 0 unspecified atom stereocenters. The fourth-order valence-corrected chi connectivity index (χ4v) is 2.55. The molecule has 1 aromatic carbocycles. The van der Waals surface area contributed by atoms with E-state index in [1.807, 2.05) is 43.5 Å². The number of aromatic nitrogens is 2. The molecular formula is C14H19N3OS. The zero-order valence-corrected chi connectivity index (χ0v) is 12.5. The van der Waals surface area contributed by atoms with E-state index in [0.717, 1.165) is 16.6 Å². The number of rotatable bonds is 3. The van der Waals surface area contributed by atoms with Gasteiger partial charge in [0.15, 0.2) is 4.77 Å². The molecule has 102 valence electrons. The first kappa shape index (κ1) is 13.8. The number of nitrogens with one attached hydrogen (secondary N) is 2. The van der Waals surface area contributed by atoms with Gasteiger partial charge in [-0.25, -0.2) is 0 Å². The minimum atomic E-state index is -0.508. The van der Waals surface area contributed by atoms with Crippen molar-refractivity contribution in [1.82, 2.24) is 14.9 Å². The number of hydrogen-bond donors (Lipinski definition) is 2. The first-order chi connectivity index (χ1) is 8.86. The molecule has 0 aliphatic rings. The minimum absolute atomic E-state index is 0.0106. The van der Waals surface area contributed by atoms with Crippen LogP contribution in [0.5, 0.6) is 0 Å². The van der Waals surface area contributed by atoms with Crippen LogP contribution in [0.3, 0.4) is 0 Å². The van der Waals surface area contributed by atoms with E-state index < -0.39 is 5.41 Å². The molecule has 0 aliphatic carbocycles. The van der Waals surface area contributed by atoms with E-state index in [2.05, 4.69) is 10.3 Å². The fraction of sp³-hybridized carbons (Fsp3) is 0.429. The largest absolute Gasteiger partial charge is 0.359 e. The molecule has 0 bridgehead atoms. The van der Waals surface area contributed by atoms with E-state index in [0.29, 0.717) is 11.3 Å². The van der Waals surface area contributed by atoms with Crippen molar-refractivity contribution in [3.8, 4) is 0 Å². The van der Waals surface area contributed by atoms with Gasteiger partial charge >= 0.3 is 0 Å². The van der Waals surface area contributed by atoms with Gasteiger partial charge in [0.05, 0.1) is 16.4 Å². The molecule has 19 heavy (non-hydrogen) atoms. The smallest absolute Gasteiger partial charge is 0.227 e. The Labute approximate surface area is 117 Å². The number of aromatic amines is 1. The summed E-state index contributed by atoms with van der Waals surface area (Å²) in [7, 11) is 1.66. The standard InChI is InChI=1S/C14H19N3OS/c1-9-6-5-7-10-11(9)16-13(19)17(10)8-14(2,3)12(18)15-4/h5-7H,8H2,1-4H3,(H,15,18)(H,16,19). The molecule has 1 heterocycles. The first-order valence-electron chi connectivity index (χ1n) is 6.27. The van der Waals surface area contributed by atoms with Gasteiger partial charge in [-0.05, 0) is 44.6 Å². The molecule has 0 fully saturated rings. The predicted molar refractivity (Wildman–Crippen MR) is 79.7 cm³/mol. The monoisotopic (exact) mass is 277 g/mol. The lowest BCUT2D eigenvalue weighted by Crippen LogP contribution is -2.37. The number of amides is 1. The van der Waals surface area contributed by atoms with Crippen molar-refractivity contribution in [2.45, 2.75) is 27.3 Å². The number of fused-ring (bicyclic) bond motifs is 1. The Hall–Kier alpha value is -1.62. The lowest BCUT2D eigenvalue weighted by molar-refractivity contribution is -0.129. The van der Waals surface area contributed by atoms with Gasteiger partial charge in [-0.1, -0.05) is 12.1 Å². The molecule has 2 N–H and O–H groups in total. The molecule has 4 nitrogen and oxygen atoms in total. The second kappa shape index (κ2) is 4.81. The SMILES string of the molecule is CNC(=O)C(C)(C)Cn1c(=S)[nH]c2c(C)cccc21. The zero-order chi connectivity index (χ0) is 14.2. The number of para-hydroxylation sites is 1. The van der Waals surface area contributed by atoms with Crippen LogP contribution in [0.4, 0.5) is 0 Å². The van der Waals surface area contributed by atoms with Crippen molar-refractivity contribution < 1.29 is 4.79 Å². The number of aryl methyl sites for hydroxylation is 1. The van der Waals surface area contributed by atoms with E-state index in [4.69, 9.17) is 12.2 Å². The Kier molecular flexibility index (Phi) is 3.49. The third kappa shape index (κ3) is 2.42. The Morgan fingerprint density at radius 1 is 1.47 bits per heavy atom. The maximum Gasteiger partial charge on any atom is 0.227 e. The maximum absolute atomic E-state index is 11.9. The molecule has 0 aliphatic heterocycles. The summed E-state index contributed by atoms with van der Waals surface area (Å²) >= 11 is 5.38. The van der Waals surface area contributed by atoms with Crippen LogP contribution >= 0.6 is 12.2 Å². The highest BCUT2D eigenvalue weighted by Crippen LogP contribution is 2.24. The minimum Gasteiger partial charge on any atom is -0.359 e. The van der Waals surface area contributed by atoms with Gasteiger partial charge in [0.1, 0.15) is 0 Å². The molecular weight excluding hydrogens is 258 g/mol. The Morgan fingerprint density at radius 3 is 2.79 bits per heavy atom. The molecule has 0 saturated carbocycles. The van der Waals surface area contributed by atoms with E-state index in [9.17, 15) is 4.79 Å². The van der Waals surface area contributed by atoms with Crippen molar-refractivity contribution in [1.29, 1.82) is 0 Å². The quantitative estimate of drug-likeness (QED) is 0.848. The second-order valence-corrected chi connectivity index (χ2v) is 5.84. The van der Waals surface area contributed by atoms with Crippen LogP contribution in [0.1, 0.15) is 19.4 Å². The summed E-state index contributed by atoms with van der Waals surface area (Å²) in [5, 5.41) is 2.70. The molecule has 1 amide bonds. The summed E-state index contributed by atoms with van der Waals surface area (Å²) in [5.41, 5.74) is 2.73. The highest BCUT2D eigenvalue weighted by molar-refractivity contribution is 7.71. The van der Waals surface area contributed by atoms with Gasteiger partial charge in [0.2, 0.25) is 5.91 Å². The lowest BCUT2D eigenvalue weighted by Gasteiger charge is -2.23. The zero-order valence-electron chi connectivity index (χ0n) is 11.7. The van der Waals surface area contributed by atoms with Gasteiger partial charge in [-0.2, -0.15) is 0 Å². The third-order valence-electron chi connectivity index (χ3n) is 3.41. The normalized spacial score (nSPS) is 11.8. The highest BCUT2D eigenvalue weighted by atomic mass is 32.1. The Balaban J connectivity index is 2.52. The summed E-state index contributed by atoms with van der Waals surface area (Å²) in [5.74, 6) is 0.0106. The van der Waals surface area contributed by atoms with E-state index in [1.165, 1.54) is 0 Å². The van der Waals surface area contributed by atoms with Crippen LogP contribution in [-0.4, -0.2) is 22.5 Å². The van der Waals surface area contributed by atoms with Gasteiger partial charge in [-0.15, -0.1) is 0 Å². The summed E-state index contributed by atoms with van der Waals surface area (Å²) in [6.45, 7) is 6.43. The highest BCUT2D eigenvalue weighted by Gasteiger charge is 2.28. The van der Waals surface area contributed by atoms with Crippen molar-refractivity contribution >= 4 is 29.2 Å². The predicted octanol–water partition coefficient (Wildman–Crippen LogP) is 2.78. The van der Waals surface area contributed by atoms with Crippen LogP contribution in [0.15, 0.2) is 18.2 Å². The molecule has 2 aromatic rings.